The van der Waals surface area contributed by atoms with Crippen molar-refractivity contribution in [2.45, 2.75) is 32.9 Å². The Morgan fingerprint density at radius 1 is 1.47 bits per heavy atom. The van der Waals surface area contributed by atoms with Crippen LogP contribution in [0.4, 0.5) is 0 Å². The minimum absolute atomic E-state index is 0.554. The van der Waals surface area contributed by atoms with E-state index in [1.807, 2.05) is 24.4 Å². The van der Waals surface area contributed by atoms with Crippen LogP contribution in [0, 0.1) is 0 Å². The van der Waals surface area contributed by atoms with Gasteiger partial charge in [-0.05, 0) is 31.8 Å². The molecule has 0 saturated heterocycles. The molecule has 0 aromatic carbocycles. The van der Waals surface area contributed by atoms with Crippen LogP contribution in [-0.4, -0.2) is 38.8 Å². The Bertz CT molecular complexity index is 502. The van der Waals surface area contributed by atoms with Gasteiger partial charge in [0.15, 0.2) is 0 Å². The molecule has 6 heteroatoms. The number of hydrogen-bond acceptors (Lipinski definition) is 6. The zero-order valence-electron chi connectivity index (χ0n) is 11.5. The van der Waals surface area contributed by atoms with E-state index in [-0.39, 0.29) is 0 Å². The van der Waals surface area contributed by atoms with Gasteiger partial charge in [-0.2, -0.15) is 4.98 Å². The Balaban J connectivity index is 2.03. The summed E-state index contributed by atoms with van der Waals surface area (Å²) < 4.78 is 5.26. The van der Waals surface area contributed by atoms with E-state index in [4.69, 9.17) is 4.52 Å². The molecule has 0 radical (unpaired) electrons. The third-order valence-electron chi connectivity index (χ3n) is 2.63. The van der Waals surface area contributed by atoms with Crippen molar-refractivity contribution in [2.75, 3.05) is 13.1 Å². The van der Waals surface area contributed by atoms with Crippen molar-refractivity contribution in [3.8, 4) is 10.7 Å². The van der Waals surface area contributed by atoms with Crippen molar-refractivity contribution < 1.29 is 9.63 Å². The van der Waals surface area contributed by atoms with Crippen LogP contribution in [0.25, 0.3) is 10.7 Å². The van der Waals surface area contributed by atoms with E-state index in [0.29, 0.717) is 24.8 Å². The van der Waals surface area contributed by atoms with E-state index in [1.165, 1.54) is 0 Å². The fourth-order valence-corrected chi connectivity index (χ4v) is 2.49. The molecule has 0 atom stereocenters. The quantitative estimate of drug-likeness (QED) is 0.881. The largest absolute Gasteiger partial charge is 0.389 e. The average molecular weight is 281 g/mol. The lowest BCUT2D eigenvalue weighted by Crippen LogP contribution is -2.38. The van der Waals surface area contributed by atoms with Crippen molar-refractivity contribution in [3.63, 3.8) is 0 Å². The van der Waals surface area contributed by atoms with Gasteiger partial charge in [0, 0.05) is 6.54 Å². The number of rotatable bonds is 6. The van der Waals surface area contributed by atoms with E-state index in [2.05, 4.69) is 15.0 Å². The molecular formula is C13H19N3O2S. The third kappa shape index (κ3) is 4.12. The molecular weight excluding hydrogens is 262 g/mol. The maximum absolute atomic E-state index is 9.85. The van der Waals surface area contributed by atoms with E-state index >= 15 is 0 Å². The Morgan fingerprint density at radius 2 is 2.26 bits per heavy atom. The summed E-state index contributed by atoms with van der Waals surface area (Å²) in [6, 6.07) is 3.93. The highest BCUT2D eigenvalue weighted by Gasteiger charge is 2.19. The van der Waals surface area contributed by atoms with Crippen LogP contribution < -0.4 is 0 Å². The van der Waals surface area contributed by atoms with Gasteiger partial charge in [-0.25, -0.2) is 0 Å². The summed E-state index contributed by atoms with van der Waals surface area (Å²) in [4.78, 5) is 7.46. The highest BCUT2D eigenvalue weighted by atomic mass is 32.1. The fourth-order valence-electron chi connectivity index (χ4n) is 1.84. The Kier molecular flexibility index (Phi) is 4.34. The maximum atomic E-state index is 9.85. The van der Waals surface area contributed by atoms with Crippen LogP contribution in [0.15, 0.2) is 22.0 Å². The minimum Gasteiger partial charge on any atom is -0.389 e. The molecule has 2 aromatic heterocycles. The lowest BCUT2D eigenvalue weighted by Gasteiger charge is -2.26. The van der Waals surface area contributed by atoms with Gasteiger partial charge in [-0.3, -0.25) is 4.90 Å². The summed E-state index contributed by atoms with van der Waals surface area (Å²) >= 11 is 1.59. The van der Waals surface area contributed by atoms with Crippen molar-refractivity contribution in [3.05, 3.63) is 23.4 Å². The molecule has 1 N–H and O–H groups in total. The molecule has 0 unspecified atom stereocenters. The van der Waals surface area contributed by atoms with Crippen molar-refractivity contribution in [1.82, 2.24) is 15.0 Å². The first-order chi connectivity index (χ1) is 8.98. The van der Waals surface area contributed by atoms with Crippen molar-refractivity contribution >= 4 is 11.3 Å². The second-order valence-electron chi connectivity index (χ2n) is 5.10. The van der Waals surface area contributed by atoms with Crippen LogP contribution in [0.5, 0.6) is 0 Å². The number of hydrogen-bond donors (Lipinski definition) is 1. The Hall–Kier alpha value is -1.24. The van der Waals surface area contributed by atoms with E-state index in [1.54, 1.807) is 25.2 Å². The molecule has 0 saturated carbocycles. The topological polar surface area (TPSA) is 62.4 Å². The van der Waals surface area contributed by atoms with Crippen LogP contribution >= 0.6 is 11.3 Å². The minimum atomic E-state index is -0.730. The second-order valence-corrected chi connectivity index (χ2v) is 6.05. The van der Waals surface area contributed by atoms with Crippen LogP contribution in [0.1, 0.15) is 26.7 Å². The molecule has 0 fully saturated rings. The molecule has 0 bridgehead atoms. The van der Waals surface area contributed by atoms with E-state index in [0.717, 1.165) is 11.4 Å². The van der Waals surface area contributed by atoms with Crippen LogP contribution in [-0.2, 0) is 6.54 Å². The van der Waals surface area contributed by atoms with Gasteiger partial charge in [-0.1, -0.05) is 18.1 Å². The highest BCUT2D eigenvalue weighted by molar-refractivity contribution is 7.13. The monoisotopic (exact) mass is 281 g/mol. The SMILES string of the molecule is CCN(Cc1nc(-c2cccs2)no1)CC(C)(C)O. The Labute approximate surface area is 116 Å². The summed E-state index contributed by atoms with van der Waals surface area (Å²) in [5.74, 6) is 1.21. The molecule has 2 rings (SSSR count). The molecule has 2 aromatic rings. The number of thiophene rings is 1. The molecule has 0 amide bonds. The number of aliphatic hydroxyl groups is 1. The zero-order chi connectivity index (χ0) is 13.9. The molecule has 0 aliphatic heterocycles. The summed E-state index contributed by atoms with van der Waals surface area (Å²) in [7, 11) is 0. The average Bonchev–Trinajstić information content (AvgIpc) is 2.95. The lowest BCUT2D eigenvalue weighted by molar-refractivity contribution is 0.0322. The van der Waals surface area contributed by atoms with Gasteiger partial charge < -0.3 is 9.63 Å². The van der Waals surface area contributed by atoms with Gasteiger partial charge >= 0.3 is 0 Å². The van der Waals surface area contributed by atoms with Crippen LogP contribution in [0.3, 0.4) is 0 Å². The van der Waals surface area contributed by atoms with Gasteiger partial charge in [0.2, 0.25) is 11.7 Å². The Morgan fingerprint density at radius 3 is 2.84 bits per heavy atom. The van der Waals surface area contributed by atoms with Gasteiger partial charge in [0.05, 0.1) is 17.0 Å². The van der Waals surface area contributed by atoms with E-state index in [9.17, 15) is 5.11 Å². The first-order valence-electron chi connectivity index (χ1n) is 6.29. The summed E-state index contributed by atoms with van der Waals surface area (Å²) in [5.41, 5.74) is -0.730. The van der Waals surface area contributed by atoms with Crippen molar-refractivity contribution in [2.24, 2.45) is 0 Å². The number of aromatic nitrogens is 2. The predicted octanol–water partition coefficient (Wildman–Crippen LogP) is 2.39. The first kappa shape index (κ1) is 14.2. The molecule has 19 heavy (non-hydrogen) atoms. The fraction of sp³-hybridized carbons (Fsp3) is 0.538. The molecule has 0 aliphatic carbocycles. The molecule has 5 nitrogen and oxygen atoms in total. The van der Waals surface area contributed by atoms with Gasteiger partial charge in [0.25, 0.3) is 0 Å². The molecule has 0 spiro atoms. The smallest absolute Gasteiger partial charge is 0.241 e. The molecule has 0 aliphatic rings. The predicted molar refractivity (Wildman–Crippen MR) is 74.9 cm³/mol. The summed E-state index contributed by atoms with van der Waals surface area (Å²) in [5, 5.41) is 15.8. The van der Waals surface area contributed by atoms with Crippen LogP contribution in [0.2, 0.25) is 0 Å². The highest BCUT2D eigenvalue weighted by Crippen LogP contribution is 2.21. The zero-order valence-corrected chi connectivity index (χ0v) is 12.3. The second kappa shape index (κ2) is 5.81. The third-order valence-corrected chi connectivity index (χ3v) is 3.49. The van der Waals surface area contributed by atoms with Gasteiger partial charge in [0.1, 0.15) is 0 Å². The standard InChI is InChI=1S/C13H19N3O2S/c1-4-16(9-13(2,3)17)8-11-14-12(15-18-11)10-6-5-7-19-10/h5-7,17H,4,8-9H2,1-3H3. The summed E-state index contributed by atoms with van der Waals surface area (Å²) in [6.45, 7) is 7.57. The van der Waals surface area contributed by atoms with Crippen molar-refractivity contribution in [1.29, 1.82) is 0 Å². The lowest BCUT2D eigenvalue weighted by atomic mass is 10.1. The van der Waals surface area contributed by atoms with E-state index < -0.39 is 5.60 Å². The molecule has 104 valence electrons. The summed E-state index contributed by atoms with van der Waals surface area (Å²) in [6.07, 6.45) is 0. The number of nitrogens with zero attached hydrogens (tertiary/aromatic N) is 3. The first-order valence-corrected chi connectivity index (χ1v) is 7.17. The molecule has 2 heterocycles. The number of likely N-dealkylation sites (N-methyl/N-ethyl adjacent to an activating group) is 1. The van der Waals surface area contributed by atoms with Gasteiger partial charge in [-0.15, -0.1) is 11.3 Å². The normalized spacial score (nSPS) is 12.3. The maximum Gasteiger partial charge on any atom is 0.241 e.